The normalized spacial score (nSPS) is 13.2. The molecule has 0 aliphatic carbocycles. The number of sulfonamides is 1. The Kier molecular flexibility index (Phi) is 5.11. The zero-order valence-electron chi connectivity index (χ0n) is 12.2. The van der Waals surface area contributed by atoms with Crippen LogP contribution in [-0.2, 0) is 23.1 Å². The van der Waals surface area contributed by atoms with Gasteiger partial charge in [0.25, 0.3) is 0 Å². The second-order valence-corrected chi connectivity index (χ2v) is 6.67. The van der Waals surface area contributed by atoms with Crippen LogP contribution >= 0.6 is 0 Å². The maximum atomic E-state index is 12.4. The van der Waals surface area contributed by atoms with Crippen molar-refractivity contribution in [3.8, 4) is 0 Å². The Bertz CT molecular complexity index is 668. The van der Waals surface area contributed by atoms with E-state index in [0.717, 1.165) is 5.56 Å². The van der Waals surface area contributed by atoms with Crippen LogP contribution in [0.4, 0.5) is 0 Å². The van der Waals surface area contributed by atoms with Crippen molar-refractivity contribution in [3.05, 3.63) is 48.5 Å². The lowest BCUT2D eigenvalue weighted by atomic mass is 10.2. The van der Waals surface area contributed by atoms with E-state index in [4.69, 9.17) is 0 Å². The zero-order valence-corrected chi connectivity index (χ0v) is 13.0. The van der Waals surface area contributed by atoms with Gasteiger partial charge in [-0.15, -0.1) is 0 Å². The van der Waals surface area contributed by atoms with Gasteiger partial charge in [-0.25, -0.2) is 18.1 Å². The van der Waals surface area contributed by atoms with E-state index in [2.05, 4.69) is 15.0 Å². The highest BCUT2D eigenvalue weighted by atomic mass is 32.2. The van der Waals surface area contributed by atoms with Crippen molar-refractivity contribution in [2.24, 2.45) is 0 Å². The number of hydrogen-bond donors (Lipinski definition) is 2. The zero-order chi connectivity index (χ0) is 15.3. The Morgan fingerprint density at radius 3 is 2.86 bits per heavy atom. The molecule has 6 nitrogen and oxygen atoms in total. The van der Waals surface area contributed by atoms with Crippen LogP contribution in [0.25, 0.3) is 0 Å². The van der Waals surface area contributed by atoms with E-state index in [9.17, 15) is 8.42 Å². The highest BCUT2D eigenvalue weighted by Gasteiger charge is 2.17. The van der Waals surface area contributed by atoms with E-state index in [-0.39, 0.29) is 10.9 Å². The second-order valence-electron chi connectivity index (χ2n) is 4.96. The van der Waals surface area contributed by atoms with E-state index in [0.29, 0.717) is 13.1 Å². The van der Waals surface area contributed by atoms with Gasteiger partial charge in [-0.2, -0.15) is 0 Å². The predicted octanol–water partition coefficient (Wildman–Crippen LogP) is 0.969. The molecule has 0 amide bonds. The molecule has 0 bridgehead atoms. The van der Waals surface area contributed by atoms with Gasteiger partial charge in [0, 0.05) is 31.5 Å². The molecule has 0 saturated carbocycles. The first-order valence-corrected chi connectivity index (χ1v) is 8.21. The first-order chi connectivity index (χ1) is 10.0. The fourth-order valence-electron chi connectivity index (χ4n) is 2.11. The Morgan fingerprint density at radius 1 is 1.38 bits per heavy atom. The van der Waals surface area contributed by atoms with Crippen LogP contribution in [0, 0.1) is 0 Å². The third-order valence-corrected chi connectivity index (χ3v) is 4.58. The molecule has 1 heterocycles. The highest BCUT2D eigenvalue weighted by molar-refractivity contribution is 7.89. The summed E-state index contributed by atoms with van der Waals surface area (Å²) in [4.78, 5) is 4.23. The van der Waals surface area contributed by atoms with Gasteiger partial charge in [-0.05, 0) is 31.7 Å². The number of aromatic nitrogens is 2. The summed E-state index contributed by atoms with van der Waals surface area (Å²) in [5.74, 6) is 0. The van der Waals surface area contributed by atoms with Crippen molar-refractivity contribution >= 4 is 10.0 Å². The molecular weight excluding hydrogens is 288 g/mol. The molecule has 0 saturated heterocycles. The van der Waals surface area contributed by atoms with Crippen LogP contribution in [0.1, 0.15) is 12.5 Å². The minimum atomic E-state index is -3.52. The summed E-state index contributed by atoms with van der Waals surface area (Å²) in [6.07, 6.45) is 5.14. The Morgan fingerprint density at radius 2 is 2.19 bits per heavy atom. The molecule has 114 valence electrons. The van der Waals surface area contributed by atoms with Gasteiger partial charge >= 0.3 is 0 Å². The quantitative estimate of drug-likeness (QED) is 0.799. The first-order valence-electron chi connectivity index (χ1n) is 6.73. The van der Waals surface area contributed by atoms with Gasteiger partial charge in [0.15, 0.2) is 0 Å². The lowest BCUT2D eigenvalue weighted by molar-refractivity contribution is 0.520. The SMILES string of the molecule is CNCc1cccc(S(=O)(=O)NC(C)Cn2ccnc2)c1. The first kappa shape index (κ1) is 15.7. The summed E-state index contributed by atoms with van der Waals surface area (Å²) >= 11 is 0. The Hall–Kier alpha value is -1.70. The summed E-state index contributed by atoms with van der Waals surface area (Å²) in [5, 5.41) is 3.01. The van der Waals surface area contributed by atoms with Crippen molar-refractivity contribution in [2.45, 2.75) is 31.0 Å². The Balaban J connectivity index is 2.08. The standard InChI is InChI=1S/C14H20N4O2S/c1-12(10-18-7-6-16-11-18)17-21(19,20)14-5-3-4-13(8-14)9-15-2/h3-8,11-12,15,17H,9-10H2,1-2H3. The van der Waals surface area contributed by atoms with Crippen LogP contribution in [-0.4, -0.2) is 31.1 Å². The van der Waals surface area contributed by atoms with Gasteiger partial charge in [-0.1, -0.05) is 12.1 Å². The number of nitrogens with zero attached hydrogens (tertiary/aromatic N) is 2. The fraction of sp³-hybridized carbons (Fsp3) is 0.357. The molecule has 21 heavy (non-hydrogen) atoms. The minimum Gasteiger partial charge on any atom is -0.336 e. The predicted molar refractivity (Wildman–Crippen MR) is 81.2 cm³/mol. The molecule has 0 aliphatic rings. The summed E-state index contributed by atoms with van der Waals surface area (Å²) in [6.45, 7) is 3.00. The average molecular weight is 308 g/mol. The maximum absolute atomic E-state index is 12.4. The summed E-state index contributed by atoms with van der Waals surface area (Å²) in [5.41, 5.74) is 0.933. The van der Waals surface area contributed by atoms with E-state index in [1.807, 2.05) is 24.6 Å². The molecule has 0 spiro atoms. The fourth-order valence-corrected chi connectivity index (χ4v) is 3.41. The highest BCUT2D eigenvalue weighted by Crippen LogP contribution is 2.12. The largest absolute Gasteiger partial charge is 0.336 e. The maximum Gasteiger partial charge on any atom is 0.240 e. The van der Waals surface area contributed by atoms with E-state index in [1.165, 1.54) is 0 Å². The van der Waals surface area contributed by atoms with Crippen molar-refractivity contribution in [3.63, 3.8) is 0 Å². The molecule has 7 heteroatoms. The molecule has 0 aliphatic heterocycles. The van der Waals surface area contributed by atoms with Gasteiger partial charge < -0.3 is 9.88 Å². The van der Waals surface area contributed by atoms with E-state index >= 15 is 0 Å². The summed E-state index contributed by atoms with van der Waals surface area (Å²) < 4.78 is 29.3. The third-order valence-electron chi connectivity index (χ3n) is 2.99. The molecule has 2 N–H and O–H groups in total. The number of nitrogens with one attached hydrogen (secondary N) is 2. The summed E-state index contributed by atoms with van der Waals surface area (Å²) in [7, 11) is -1.69. The Labute approximate surface area is 125 Å². The molecule has 0 radical (unpaired) electrons. The molecule has 1 unspecified atom stereocenters. The van der Waals surface area contributed by atoms with Gasteiger partial charge in [0.05, 0.1) is 11.2 Å². The van der Waals surface area contributed by atoms with Crippen molar-refractivity contribution in [1.82, 2.24) is 19.6 Å². The van der Waals surface area contributed by atoms with Crippen LogP contribution in [0.5, 0.6) is 0 Å². The number of imidazole rings is 1. The lowest BCUT2D eigenvalue weighted by Gasteiger charge is -2.15. The van der Waals surface area contributed by atoms with E-state index < -0.39 is 10.0 Å². The second kappa shape index (κ2) is 6.84. The monoisotopic (exact) mass is 308 g/mol. The lowest BCUT2D eigenvalue weighted by Crippen LogP contribution is -2.35. The third kappa shape index (κ3) is 4.38. The summed E-state index contributed by atoms with van der Waals surface area (Å²) in [6, 6.07) is 6.71. The molecular formula is C14H20N4O2S. The smallest absolute Gasteiger partial charge is 0.240 e. The molecule has 1 atom stereocenters. The van der Waals surface area contributed by atoms with Crippen molar-refractivity contribution in [1.29, 1.82) is 0 Å². The molecule has 2 aromatic rings. The van der Waals surface area contributed by atoms with Crippen LogP contribution < -0.4 is 10.0 Å². The average Bonchev–Trinajstić information content (AvgIpc) is 2.91. The van der Waals surface area contributed by atoms with Crippen LogP contribution in [0.3, 0.4) is 0 Å². The molecule has 1 aromatic heterocycles. The van der Waals surface area contributed by atoms with Crippen LogP contribution in [0.15, 0.2) is 47.9 Å². The minimum absolute atomic E-state index is 0.225. The van der Waals surface area contributed by atoms with Crippen molar-refractivity contribution in [2.75, 3.05) is 7.05 Å². The van der Waals surface area contributed by atoms with Crippen molar-refractivity contribution < 1.29 is 8.42 Å². The van der Waals surface area contributed by atoms with Gasteiger partial charge in [0.2, 0.25) is 10.0 Å². The number of hydrogen-bond acceptors (Lipinski definition) is 4. The molecule has 0 fully saturated rings. The number of rotatable bonds is 7. The van der Waals surface area contributed by atoms with Crippen LogP contribution in [0.2, 0.25) is 0 Å². The molecule has 2 rings (SSSR count). The van der Waals surface area contributed by atoms with E-state index in [1.54, 1.807) is 36.9 Å². The molecule has 1 aromatic carbocycles. The number of benzene rings is 1. The topological polar surface area (TPSA) is 76.0 Å². The van der Waals surface area contributed by atoms with Gasteiger partial charge in [-0.3, -0.25) is 0 Å². The van der Waals surface area contributed by atoms with Gasteiger partial charge in [0.1, 0.15) is 0 Å².